The lowest BCUT2D eigenvalue weighted by Gasteiger charge is -2.32. The number of carbonyl (C=O) groups is 1. The van der Waals surface area contributed by atoms with Gasteiger partial charge in [-0.25, -0.2) is 14.8 Å². The second kappa shape index (κ2) is 5.41. The summed E-state index contributed by atoms with van der Waals surface area (Å²) in [5, 5.41) is 13.8. The van der Waals surface area contributed by atoms with Crippen LogP contribution in [0, 0.1) is 0 Å². The third kappa shape index (κ3) is 2.51. The van der Waals surface area contributed by atoms with Crippen LogP contribution in [-0.2, 0) is 0 Å². The number of carboxylic acid groups (broad SMARTS) is 1. The van der Waals surface area contributed by atoms with Gasteiger partial charge in [0.2, 0.25) is 0 Å². The molecule has 6 nitrogen and oxygen atoms in total. The number of nitrogens with zero attached hydrogens (tertiary/aromatic N) is 3. The highest BCUT2D eigenvalue weighted by Crippen LogP contribution is 2.34. The number of thiophene rings is 1. The van der Waals surface area contributed by atoms with Crippen LogP contribution >= 0.6 is 22.9 Å². The average Bonchev–Trinajstić information content (AvgIpc) is 2.81. The third-order valence-electron chi connectivity index (χ3n) is 3.41. The van der Waals surface area contributed by atoms with Crippen molar-refractivity contribution in [3.8, 4) is 0 Å². The zero-order chi connectivity index (χ0) is 14.1. The molecule has 0 radical (unpaired) electrons. The molecule has 0 bridgehead atoms. The average molecular weight is 313 g/mol. The molecule has 8 heteroatoms. The van der Waals surface area contributed by atoms with Gasteiger partial charge in [0, 0.05) is 24.5 Å². The molecule has 3 rings (SSSR count). The SMILES string of the molecule is O=C(O)NC1CCN(c2ncnc3c(Cl)csc23)CC1. The predicted octanol–water partition coefficient (Wildman–Crippen LogP) is 2.58. The van der Waals surface area contributed by atoms with Crippen LogP contribution < -0.4 is 10.2 Å². The zero-order valence-electron chi connectivity index (χ0n) is 10.5. The van der Waals surface area contributed by atoms with Crippen molar-refractivity contribution < 1.29 is 9.90 Å². The van der Waals surface area contributed by atoms with Crippen molar-refractivity contribution in [1.82, 2.24) is 15.3 Å². The maximum atomic E-state index is 10.6. The number of hydrogen-bond acceptors (Lipinski definition) is 5. The molecule has 1 amide bonds. The summed E-state index contributed by atoms with van der Waals surface area (Å²) in [6.45, 7) is 1.54. The number of rotatable bonds is 2. The van der Waals surface area contributed by atoms with E-state index in [9.17, 15) is 4.79 Å². The van der Waals surface area contributed by atoms with E-state index in [0.717, 1.165) is 42.0 Å². The topological polar surface area (TPSA) is 78.4 Å². The first-order chi connectivity index (χ1) is 9.65. The highest BCUT2D eigenvalue weighted by Gasteiger charge is 2.23. The molecule has 2 N–H and O–H groups in total. The van der Waals surface area contributed by atoms with Crippen LogP contribution in [0.25, 0.3) is 10.2 Å². The van der Waals surface area contributed by atoms with Crippen LogP contribution in [-0.4, -0.2) is 40.3 Å². The quantitative estimate of drug-likeness (QED) is 0.891. The molecule has 20 heavy (non-hydrogen) atoms. The number of amides is 1. The molecule has 0 atom stereocenters. The molecular formula is C12H13ClN4O2S. The molecule has 1 saturated heterocycles. The van der Waals surface area contributed by atoms with Gasteiger partial charge in [-0.1, -0.05) is 11.6 Å². The normalized spacial score (nSPS) is 16.6. The minimum atomic E-state index is -0.960. The van der Waals surface area contributed by atoms with Gasteiger partial charge >= 0.3 is 6.09 Å². The standard InChI is InChI=1S/C12H13ClN4O2S/c13-8-5-20-10-9(8)14-6-15-11(10)17-3-1-7(2-4-17)16-12(18)19/h5-7,16H,1-4H2,(H,18,19). The first-order valence-corrected chi connectivity index (χ1v) is 7.53. The Morgan fingerprint density at radius 1 is 1.45 bits per heavy atom. The van der Waals surface area contributed by atoms with E-state index in [4.69, 9.17) is 16.7 Å². The Morgan fingerprint density at radius 2 is 2.20 bits per heavy atom. The van der Waals surface area contributed by atoms with Crippen LogP contribution in [0.15, 0.2) is 11.7 Å². The number of piperidine rings is 1. The van der Waals surface area contributed by atoms with Gasteiger partial charge in [0.05, 0.1) is 9.72 Å². The van der Waals surface area contributed by atoms with E-state index < -0.39 is 6.09 Å². The smallest absolute Gasteiger partial charge is 0.404 e. The van der Waals surface area contributed by atoms with E-state index in [2.05, 4.69) is 20.2 Å². The lowest BCUT2D eigenvalue weighted by atomic mass is 10.1. The van der Waals surface area contributed by atoms with Crippen LogP contribution in [0.5, 0.6) is 0 Å². The van der Waals surface area contributed by atoms with E-state index in [0.29, 0.717) is 5.02 Å². The van der Waals surface area contributed by atoms with Crippen molar-refractivity contribution in [2.75, 3.05) is 18.0 Å². The van der Waals surface area contributed by atoms with Crippen LogP contribution in [0.2, 0.25) is 5.02 Å². The number of anilines is 1. The first kappa shape index (κ1) is 13.4. The van der Waals surface area contributed by atoms with E-state index in [1.165, 1.54) is 17.7 Å². The highest BCUT2D eigenvalue weighted by atomic mass is 35.5. The Bertz CT molecular complexity index is 639. The number of fused-ring (bicyclic) bond motifs is 1. The molecule has 1 aliphatic rings. The van der Waals surface area contributed by atoms with Crippen LogP contribution in [0.4, 0.5) is 10.6 Å². The lowest BCUT2D eigenvalue weighted by molar-refractivity contribution is 0.187. The molecule has 2 aromatic rings. The summed E-state index contributed by atoms with van der Waals surface area (Å²) in [7, 11) is 0. The molecule has 2 aromatic heterocycles. The van der Waals surface area contributed by atoms with Crippen molar-refractivity contribution in [1.29, 1.82) is 0 Å². The van der Waals surface area contributed by atoms with E-state index >= 15 is 0 Å². The summed E-state index contributed by atoms with van der Waals surface area (Å²) in [4.78, 5) is 21.4. The van der Waals surface area contributed by atoms with Gasteiger partial charge in [-0.15, -0.1) is 11.3 Å². The monoisotopic (exact) mass is 312 g/mol. The highest BCUT2D eigenvalue weighted by molar-refractivity contribution is 7.18. The van der Waals surface area contributed by atoms with Crippen molar-refractivity contribution in [2.24, 2.45) is 0 Å². The molecule has 1 fully saturated rings. The number of halogens is 1. The molecule has 0 aliphatic carbocycles. The second-order valence-electron chi connectivity index (χ2n) is 4.67. The van der Waals surface area contributed by atoms with Crippen LogP contribution in [0.3, 0.4) is 0 Å². The van der Waals surface area contributed by atoms with Gasteiger partial charge in [-0.3, -0.25) is 0 Å². The second-order valence-corrected chi connectivity index (χ2v) is 5.96. The lowest BCUT2D eigenvalue weighted by Crippen LogP contribution is -2.44. The minimum Gasteiger partial charge on any atom is -0.465 e. The Balaban J connectivity index is 1.78. The largest absolute Gasteiger partial charge is 0.465 e. The van der Waals surface area contributed by atoms with Crippen molar-refractivity contribution in [3.05, 3.63) is 16.7 Å². The van der Waals surface area contributed by atoms with Gasteiger partial charge in [0.15, 0.2) is 0 Å². The Hall–Kier alpha value is -1.60. The van der Waals surface area contributed by atoms with Gasteiger partial charge in [0.1, 0.15) is 17.7 Å². The van der Waals surface area contributed by atoms with E-state index in [1.54, 1.807) is 0 Å². The predicted molar refractivity (Wildman–Crippen MR) is 78.8 cm³/mol. The molecule has 0 aromatic carbocycles. The fraction of sp³-hybridized carbons (Fsp3) is 0.417. The Kier molecular flexibility index (Phi) is 3.62. The Labute approximate surface area is 124 Å². The van der Waals surface area contributed by atoms with Crippen molar-refractivity contribution >= 4 is 45.1 Å². The van der Waals surface area contributed by atoms with Crippen molar-refractivity contribution in [3.63, 3.8) is 0 Å². The van der Waals surface area contributed by atoms with Gasteiger partial charge in [0.25, 0.3) is 0 Å². The summed E-state index contributed by atoms with van der Waals surface area (Å²) in [5.41, 5.74) is 0.785. The number of hydrogen-bond donors (Lipinski definition) is 2. The molecule has 0 unspecified atom stereocenters. The van der Waals surface area contributed by atoms with Crippen LogP contribution in [0.1, 0.15) is 12.8 Å². The minimum absolute atomic E-state index is 0.0213. The number of aromatic nitrogens is 2. The molecule has 0 saturated carbocycles. The van der Waals surface area contributed by atoms with Gasteiger partial charge < -0.3 is 15.3 Å². The fourth-order valence-electron chi connectivity index (χ4n) is 2.45. The summed E-state index contributed by atoms with van der Waals surface area (Å²) in [6, 6.07) is 0.0213. The summed E-state index contributed by atoms with van der Waals surface area (Å²) in [5.74, 6) is 0.890. The maximum absolute atomic E-state index is 10.6. The Morgan fingerprint density at radius 3 is 2.90 bits per heavy atom. The van der Waals surface area contributed by atoms with E-state index in [-0.39, 0.29) is 6.04 Å². The van der Waals surface area contributed by atoms with Gasteiger partial charge in [-0.2, -0.15) is 0 Å². The first-order valence-electron chi connectivity index (χ1n) is 6.27. The molecule has 0 spiro atoms. The zero-order valence-corrected chi connectivity index (χ0v) is 12.1. The third-order valence-corrected chi connectivity index (χ3v) is 4.80. The molecule has 106 valence electrons. The molecule has 1 aliphatic heterocycles. The van der Waals surface area contributed by atoms with E-state index in [1.807, 2.05) is 5.38 Å². The summed E-state index contributed by atoms with van der Waals surface area (Å²) >= 11 is 7.63. The number of nitrogens with one attached hydrogen (secondary N) is 1. The maximum Gasteiger partial charge on any atom is 0.404 e. The van der Waals surface area contributed by atoms with Crippen molar-refractivity contribution in [2.45, 2.75) is 18.9 Å². The molecule has 3 heterocycles. The summed E-state index contributed by atoms with van der Waals surface area (Å²) in [6.07, 6.45) is 2.11. The summed E-state index contributed by atoms with van der Waals surface area (Å²) < 4.78 is 0.988. The molecular weight excluding hydrogens is 300 g/mol. The van der Waals surface area contributed by atoms with Gasteiger partial charge in [-0.05, 0) is 12.8 Å². The fourth-order valence-corrected chi connectivity index (χ4v) is 3.67.